The lowest BCUT2D eigenvalue weighted by molar-refractivity contribution is -0.385. The third kappa shape index (κ3) is 3.22. The van der Waals surface area contributed by atoms with Gasteiger partial charge in [0.05, 0.1) is 10.5 Å². The normalized spacial score (nSPS) is 13.6. The molecule has 0 spiro atoms. The van der Waals surface area contributed by atoms with Gasteiger partial charge in [0.15, 0.2) is 0 Å². The zero-order chi connectivity index (χ0) is 18.8. The summed E-state index contributed by atoms with van der Waals surface area (Å²) in [5.74, 6) is 0.537. The quantitative estimate of drug-likeness (QED) is 0.304. The van der Waals surface area contributed by atoms with Crippen LogP contribution in [0.2, 0.25) is 0 Å². The fraction of sp³-hybridized carbons (Fsp3) is 0.176. The number of H-pyrrole nitrogens is 2. The summed E-state index contributed by atoms with van der Waals surface area (Å²) in [7, 11) is 0. The van der Waals surface area contributed by atoms with E-state index >= 15 is 0 Å². The highest BCUT2D eigenvalue weighted by Crippen LogP contribution is 2.29. The third-order valence-corrected chi connectivity index (χ3v) is 4.61. The molecule has 0 radical (unpaired) electrons. The topological polar surface area (TPSA) is 118 Å². The second-order valence-corrected chi connectivity index (χ2v) is 6.37. The average Bonchev–Trinajstić information content (AvgIpc) is 3.35. The Morgan fingerprint density at radius 1 is 1.26 bits per heavy atom. The van der Waals surface area contributed by atoms with Crippen LogP contribution in [0, 0.1) is 14.9 Å². The summed E-state index contributed by atoms with van der Waals surface area (Å²) in [6, 6.07) is 6.50. The molecule has 0 amide bonds. The summed E-state index contributed by atoms with van der Waals surface area (Å²) in [5, 5.41) is 29.7. The van der Waals surface area contributed by atoms with Crippen LogP contribution in [0.5, 0.6) is 0 Å². The van der Waals surface area contributed by atoms with E-state index in [1.807, 2.05) is 0 Å². The van der Waals surface area contributed by atoms with E-state index in [0.717, 1.165) is 36.2 Å². The predicted octanol–water partition coefficient (Wildman–Crippen LogP) is 3.27. The van der Waals surface area contributed by atoms with Crippen molar-refractivity contribution in [3.05, 3.63) is 62.0 Å². The van der Waals surface area contributed by atoms with Crippen LogP contribution in [-0.4, -0.2) is 36.2 Å². The van der Waals surface area contributed by atoms with Gasteiger partial charge in [-0.15, -0.1) is 0 Å². The zero-order valence-electron chi connectivity index (χ0n) is 14.1. The molecule has 0 fully saturated rings. The van der Waals surface area contributed by atoms with Crippen molar-refractivity contribution in [1.29, 1.82) is 0 Å². The van der Waals surface area contributed by atoms with Gasteiger partial charge in [-0.3, -0.25) is 15.2 Å². The number of aromatic nitrogens is 5. The van der Waals surface area contributed by atoms with Crippen LogP contribution in [0.25, 0.3) is 17.6 Å². The molecule has 0 saturated carbocycles. The zero-order valence-corrected chi connectivity index (χ0v) is 14.9. The van der Waals surface area contributed by atoms with Gasteiger partial charge in [-0.2, -0.15) is 20.0 Å². The largest absolute Gasteiger partial charge is 0.282 e. The fourth-order valence-electron chi connectivity index (χ4n) is 3.10. The number of fused-ring (bicyclic) bond motifs is 1. The lowest BCUT2D eigenvalue weighted by Crippen LogP contribution is -1.96. The molecule has 1 aliphatic rings. The van der Waals surface area contributed by atoms with Crippen LogP contribution >= 0.6 is 12.2 Å². The minimum atomic E-state index is -0.417. The summed E-state index contributed by atoms with van der Waals surface area (Å²) in [6.45, 7) is 0. The summed E-state index contributed by atoms with van der Waals surface area (Å²) >= 11 is 5.25. The van der Waals surface area contributed by atoms with Gasteiger partial charge in [0.2, 0.25) is 10.6 Å². The van der Waals surface area contributed by atoms with Gasteiger partial charge in [0, 0.05) is 23.5 Å². The molecule has 0 unspecified atom stereocenters. The molecule has 2 aromatic heterocycles. The summed E-state index contributed by atoms with van der Waals surface area (Å²) in [5.41, 5.74) is 3.56. The molecule has 1 aliphatic carbocycles. The second kappa shape index (κ2) is 7.08. The number of hydrogen-bond acceptors (Lipinski definition) is 6. The van der Waals surface area contributed by atoms with Crippen molar-refractivity contribution >= 4 is 30.2 Å². The van der Waals surface area contributed by atoms with Gasteiger partial charge >= 0.3 is 0 Å². The van der Waals surface area contributed by atoms with Crippen molar-refractivity contribution in [2.75, 3.05) is 0 Å². The first kappa shape index (κ1) is 17.0. The van der Waals surface area contributed by atoms with Crippen molar-refractivity contribution in [2.45, 2.75) is 19.3 Å². The number of nitrogens with one attached hydrogen (secondary N) is 2. The van der Waals surface area contributed by atoms with Gasteiger partial charge in [-0.1, -0.05) is 12.1 Å². The van der Waals surface area contributed by atoms with Crippen molar-refractivity contribution in [1.82, 2.24) is 25.1 Å². The average molecular weight is 381 g/mol. The number of aromatic amines is 2. The number of allylic oxidation sites excluding steroid dienone is 1. The Morgan fingerprint density at radius 2 is 2.11 bits per heavy atom. The number of aryl methyl sites for hydroxylation is 1. The Labute approximate surface area is 158 Å². The molecule has 1 aromatic carbocycles. The SMILES string of the molecule is O=[N+]([O-])c1ccccc1C=CC=Nn1c(-c2n[nH]c3c2CCC3)n[nH]c1=S. The molecule has 10 heteroatoms. The van der Waals surface area contributed by atoms with Gasteiger partial charge in [0.25, 0.3) is 5.69 Å². The van der Waals surface area contributed by atoms with Crippen LogP contribution < -0.4 is 0 Å². The van der Waals surface area contributed by atoms with E-state index in [4.69, 9.17) is 12.2 Å². The van der Waals surface area contributed by atoms with Gasteiger partial charge in [0.1, 0.15) is 5.69 Å². The van der Waals surface area contributed by atoms with Crippen molar-refractivity contribution < 1.29 is 4.92 Å². The summed E-state index contributed by atoms with van der Waals surface area (Å²) < 4.78 is 1.84. The molecule has 136 valence electrons. The predicted molar refractivity (Wildman–Crippen MR) is 103 cm³/mol. The minimum Gasteiger partial charge on any atom is -0.282 e. The molecule has 0 atom stereocenters. The molecule has 0 saturated heterocycles. The number of hydrogen-bond donors (Lipinski definition) is 2. The summed E-state index contributed by atoms with van der Waals surface area (Å²) in [6.07, 6.45) is 7.77. The van der Waals surface area contributed by atoms with Crippen molar-refractivity contribution in [2.24, 2.45) is 5.10 Å². The highest BCUT2D eigenvalue weighted by Gasteiger charge is 2.23. The molecule has 2 heterocycles. The first-order valence-electron chi connectivity index (χ1n) is 8.33. The molecule has 27 heavy (non-hydrogen) atoms. The van der Waals surface area contributed by atoms with E-state index in [-0.39, 0.29) is 5.69 Å². The summed E-state index contributed by atoms with van der Waals surface area (Å²) in [4.78, 5) is 10.6. The molecule has 3 aromatic rings. The Bertz CT molecular complexity index is 1120. The molecular weight excluding hydrogens is 366 g/mol. The molecule has 0 aliphatic heterocycles. The van der Waals surface area contributed by atoms with Crippen LogP contribution in [0.4, 0.5) is 5.69 Å². The van der Waals surface area contributed by atoms with E-state index in [2.05, 4.69) is 25.5 Å². The maximum absolute atomic E-state index is 11.1. The second-order valence-electron chi connectivity index (χ2n) is 5.99. The molecular formula is C17H15N7O2S. The van der Waals surface area contributed by atoms with Crippen molar-refractivity contribution in [3.8, 4) is 11.5 Å². The van der Waals surface area contributed by atoms with Gasteiger partial charge < -0.3 is 0 Å². The van der Waals surface area contributed by atoms with E-state index in [1.54, 1.807) is 30.4 Å². The number of nitro groups is 1. The van der Waals surface area contributed by atoms with E-state index < -0.39 is 4.92 Å². The lowest BCUT2D eigenvalue weighted by atomic mass is 10.2. The van der Waals surface area contributed by atoms with Crippen LogP contribution in [0.15, 0.2) is 35.4 Å². The molecule has 9 nitrogen and oxygen atoms in total. The van der Waals surface area contributed by atoms with Gasteiger partial charge in [-0.25, -0.2) is 5.10 Å². The maximum atomic E-state index is 11.1. The molecule has 2 N–H and O–H groups in total. The maximum Gasteiger partial charge on any atom is 0.276 e. The first-order valence-corrected chi connectivity index (χ1v) is 8.74. The number of rotatable bonds is 5. The Kier molecular flexibility index (Phi) is 4.47. The Balaban J connectivity index is 1.62. The highest BCUT2D eigenvalue weighted by atomic mass is 32.1. The van der Waals surface area contributed by atoms with Crippen molar-refractivity contribution in [3.63, 3.8) is 0 Å². The monoisotopic (exact) mass is 381 g/mol. The van der Waals surface area contributed by atoms with Gasteiger partial charge in [-0.05, 0) is 49.7 Å². The fourth-order valence-corrected chi connectivity index (χ4v) is 3.28. The lowest BCUT2D eigenvalue weighted by Gasteiger charge is -1.99. The third-order valence-electron chi connectivity index (χ3n) is 4.35. The Morgan fingerprint density at radius 3 is 2.96 bits per heavy atom. The van der Waals surface area contributed by atoms with Crippen LogP contribution in [-0.2, 0) is 12.8 Å². The molecule has 4 rings (SSSR count). The van der Waals surface area contributed by atoms with E-state index in [9.17, 15) is 10.1 Å². The highest BCUT2D eigenvalue weighted by molar-refractivity contribution is 7.71. The van der Waals surface area contributed by atoms with E-state index in [0.29, 0.717) is 16.2 Å². The smallest absolute Gasteiger partial charge is 0.276 e. The van der Waals surface area contributed by atoms with E-state index in [1.165, 1.54) is 17.0 Å². The number of benzene rings is 1. The minimum absolute atomic E-state index is 0.0369. The standard InChI is InChI=1S/C17H15N7O2S/c25-24(26)14-9-2-1-5-11(14)6-4-10-18-23-16(21-22-17(23)27)15-12-7-3-8-13(12)19-20-15/h1-2,4-6,9-10H,3,7-8H2,(H,19,20)(H,22,27). The number of nitro benzene ring substituents is 1. The van der Waals surface area contributed by atoms with Crippen LogP contribution in [0.3, 0.4) is 0 Å². The Hall–Kier alpha value is -3.40. The number of nitrogens with zero attached hydrogens (tertiary/aromatic N) is 5. The van der Waals surface area contributed by atoms with Crippen LogP contribution in [0.1, 0.15) is 23.2 Å². The first-order chi connectivity index (χ1) is 13.1. The molecule has 0 bridgehead atoms. The number of para-hydroxylation sites is 1.